The lowest BCUT2D eigenvalue weighted by Gasteiger charge is -2.07. The number of halogens is 3. The van der Waals surface area contributed by atoms with Crippen LogP contribution in [0.4, 0.5) is 13.2 Å². The quantitative estimate of drug-likeness (QED) is 0.732. The summed E-state index contributed by atoms with van der Waals surface area (Å²) in [4.78, 5) is 15.3. The second-order valence-corrected chi connectivity index (χ2v) is 5.35. The minimum Gasteiger partial charge on any atom is -0.481 e. The molecule has 0 saturated heterocycles. The third kappa shape index (κ3) is 3.88. The number of carbonyl (C=O) groups is 1. The first-order valence-corrected chi connectivity index (χ1v) is 7.28. The van der Waals surface area contributed by atoms with Gasteiger partial charge < -0.3 is 9.52 Å². The Labute approximate surface area is 140 Å². The summed E-state index contributed by atoms with van der Waals surface area (Å²) in [5, 5.41) is 9.09. The van der Waals surface area contributed by atoms with E-state index in [1.165, 1.54) is 18.2 Å². The van der Waals surface area contributed by atoms with Gasteiger partial charge in [0.25, 0.3) is 0 Å². The van der Waals surface area contributed by atoms with Gasteiger partial charge in [0.15, 0.2) is 5.58 Å². The average Bonchev–Trinajstić information content (AvgIpc) is 2.97. The van der Waals surface area contributed by atoms with Crippen LogP contribution in [0.1, 0.15) is 23.4 Å². The molecule has 4 nitrogen and oxygen atoms in total. The fourth-order valence-corrected chi connectivity index (χ4v) is 2.37. The Bertz CT molecular complexity index is 924. The molecule has 0 amide bonds. The van der Waals surface area contributed by atoms with Crippen molar-refractivity contribution >= 4 is 28.7 Å². The molecule has 1 heterocycles. The van der Waals surface area contributed by atoms with Crippen LogP contribution in [0.15, 0.2) is 52.9 Å². The van der Waals surface area contributed by atoms with Crippen molar-refractivity contribution in [1.82, 2.24) is 4.98 Å². The summed E-state index contributed by atoms with van der Waals surface area (Å²) in [5.74, 6) is -1.07. The second-order valence-electron chi connectivity index (χ2n) is 5.35. The van der Waals surface area contributed by atoms with E-state index in [1.54, 1.807) is 24.3 Å². The Hall–Kier alpha value is -3.09. The van der Waals surface area contributed by atoms with Crippen LogP contribution in [0.5, 0.6) is 0 Å². The zero-order valence-electron chi connectivity index (χ0n) is 12.7. The third-order valence-corrected chi connectivity index (χ3v) is 3.47. The number of nitrogens with zero attached hydrogens (tertiary/aromatic N) is 1. The molecule has 0 saturated carbocycles. The summed E-state index contributed by atoms with van der Waals surface area (Å²) in [7, 11) is 0. The number of alkyl halides is 3. The van der Waals surface area contributed by atoms with Crippen LogP contribution in [0.3, 0.4) is 0 Å². The fraction of sp³-hybridized carbons (Fsp3) is 0.111. The maximum atomic E-state index is 12.8. The molecule has 1 N–H and O–H groups in total. The lowest BCUT2D eigenvalue weighted by Crippen LogP contribution is -2.04. The highest BCUT2D eigenvalue weighted by Gasteiger charge is 2.30. The highest BCUT2D eigenvalue weighted by atomic mass is 19.4. The van der Waals surface area contributed by atoms with E-state index in [9.17, 15) is 18.0 Å². The largest absolute Gasteiger partial charge is 0.481 e. The predicted octanol–water partition coefficient (Wildman–Crippen LogP) is 4.86. The van der Waals surface area contributed by atoms with Gasteiger partial charge >= 0.3 is 12.1 Å². The summed E-state index contributed by atoms with van der Waals surface area (Å²) in [5.41, 5.74) is 0.598. The molecule has 0 bridgehead atoms. The van der Waals surface area contributed by atoms with Crippen molar-refractivity contribution in [3.05, 3.63) is 65.5 Å². The van der Waals surface area contributed by atoms with Gasteiger partial charge in [-0.25, -0.2) is 4.98 Å². The number of hydrogen-bond donors (Lipinski definition) is 1. The maximum Gasteiger partial charge on any atom is 0.416 e. The summed E-state index contributed by atoms with van der Waals surface area (Å²) >= 11 is 0. The third-order valence-electron chi connectivity index (χ3n) is 3.47. The normalized spacial score (nSPS) is 12.5. The maximum absolute atomic E-state index is 12.8. The van der Waals surface area contributed by atoms with Crippen LogP contribution in [0, 0.1) is 0 Å². The second kappa shape index (κ2) is 6.43. The topological polar surface area (TPSA) is 63.3 Å². The minimum absolute atomic E-state index is 0.0704. The van der Waals surface area contributed by atoms with Gasteiger partial charge in [-0.1, -0.05) is 24.3 Å². The molecule has 0 aliphatic carbocycles. The van der Waals surface area contributed by atoms with E-state index in [2.05, 4.69) is 4.98 Å². The van der Waals surface area contributed by atoms with Gasteiger partial charge in [-0.15, -0.1) is 0 Å². The highest BCUT2D eigenvalue weighted by molar-refractivity contribution is 5.91. The van der Waals surface area contributed by atoms with Crippen molar-refractivity contribution in [3.63, 3.8) is 0 Å². The Balaban J connectivity index is 2.06. The minimum atomic E-state index is -4.48. The van der Waals surface area contributed by atoms with Crippen LogP contribution in [-0.4, -0.2) is 16.1 Å². The van der Waals surface area contributed by atoms with E-state index in [-0.39, 0.29) is 17.0 Å². The number of carboxylic acids is 1. The molecule has 7 heteroatoms. The predicted molar refractivity (Wildman–Crippen MR) is 85.6 cm³/mol. The molecule has 0 unspecified atom stereocenters. The molecule has 2 aromatic carbocycles. The van der Waals surface area contributed by atoms with Crippen molar-refractivity contribution in [1.29, 1.82) is 0 Å². The van der Waals surface area contributed by atoms with Crippen molar-refractivity contribution < 1.29 is 27.5 Å². The molecule has 25 heavy (non-hydrogen) atoms. The van der Waals surface area contributed by atoms with Gasteiger partial charge in [0, 0.05) is 5.57 Å². The molecule has 0 aliphatic heterocycles. The zero-order chi connectivity index (χ0) is 18.0. The lowest BCUT2D eigenvalue weighted by atomic mass is 10.1. The van der Waals surface area contributed by atoms with E-state index in [4.69, 9.17) is 9.52 Å². The summed E-state index contributed by atoms with van der Waals surface area (Å²) in [6.45, 7) is 0. The molecule has 3 aromatic rings. The van der Waals surface area contributed by atoms with Crippen molar-refractivity contribution in [2.24, 2.45) is 0 Å². The van der Waals surface area contributed by atoms with E-state index in [0.29, 0.717) is 11.1 Å². The zero-order valence-corrected chi connectivity index (χ0v) is 12.7. The number of oxazole rings is 1. The molecule has 0 atom stereocenters. The molecule has 0 fully saturated rings. The number of aromatic nitrogens is 1. The fourth-order valence-electron chi connectivity index (χ4n) is 2.37. The SMILES string of the molecule is O=C(O)CC(=Cc1cccc(C(F)(F)F)c1)c1nc2ccccc2o1. The van der Waals surface area contributed by atoms with Crippen LogP contribution in [-0.2, 0) is 11.0 Å². The molecular weight excluding hydrogens is 335 g/mol. The standard InChI is InChI=1S/C18H12F3NO3/c19-18(20,21)13-5-3-4-11(9-13)8-12(10-16(23)24)17-22-14-6-1-2-7-15(14)25-17/h1-9H,10H2,(H,23,24). The Morgan fingerprint density at radius 1 is 1.16 bits per heavy atom. The summed E-state index contributed by atoms with van der Waals surface area (Å²) < 4.78 is 44.0. The van der Waals surface area contributed by atoms with Crippen LogP contribution in [0.25, 0.3) is 22.7 Å². The van der Waals surface area contributed by atoms with Crippen LogP contribution < -0.4 is 0 Å². The number of fused-ring (bicyclic) bond motifs is 1. The molecule has 1 aromatic heterocycles. The number of para-hydroxylation sites is 2. The van der Waals surface area contributed by atoms with Crippen molar-refractivity contribution in [3.8, 4) is 0 Å². The molecule has 128 valence electrons. The summed E-state index contributed by atoms with van der Waals surface area (Å²) in [6.07, 6.45) is -3.56. The Morgan fingerprint density at radius 3 is 2.60 bits per heavy atom. The van der Waals surface area contributed by atoms with Crippen LogP contribution in [0.2, 0.25) is 0 Å². The van der Waals surface area contributed by atoms with Gasteiger partial charge in [0.05, 0.1) is 12.0 Å². The number of hydrogen-bond acceptors (Lipinski definition) is 3. The Morgan fingerprint density at radius 2 is 1.92 bits per heavy atom. The van der Waals surface area contributed by atoms with Gasteiger partial charge in [-0.05, 0) is 35.9 Å². The van der Waals surface area contributed by atoms with Gasteiger partial charge in [0.1, 0.15) is 5.52 Å². The van der Waals surface area contributed by atoms with E-state index >= 15 is 0 Å². The first kappa shape index (κ1) is 16.8. The number of rotatable bonds is 4. The molecule has 3 rings (SSSR count). The van der Waals surface area contributed by atoms with E-state index in [1.807, 2.05) is 0 Å². The Kier molecular flexibility index (Phi) is 4.31. The number of benzene rings is 2. The van der Waals surface area contributed by atoms with E-state index < -0.39 is 24.1 Å². The monoisotopic (exact) mass is 347 g/mol. The smallest absolute Gasteiger partial charge is 0.416 e. The molecule has 0 spiro atoms. The van der Waals surface area contributed by atoms with E-state index in [0.717, 1.165) is 12.1 Å². The average molecular weight is 347 g/mol. The van der Waals surface area contributed by atoms with Gasteiger partial charge in [-0.2, -0.15) is 13.2 Å². The highest BCUT2D eigenvalue weighted by Crippen LogP contribution is 2.31. The number of carboxylic acid groups (broad SMARTS) is 1. The lowest BCUT2D eigenvalue weighted by molar-refractivity contribution is -0.138. The van der Waals surface area contributed by atoms with Crippen molar-refractivity contribution in [2.45, 2.75) is 12.6 Å². The van der Waals surface area contributed by atoms with Gasteiger partial charge in [0.2, 0.25) is 5.89 Å². The molecule has 0 radical (unpaired) electrons. The molecular formula is C18H12F3NO3. The van der Waals surface area contributed by atoms with Crippen molar-refractivity contribution in [2.75, 3.05) is 0 Å². The first-order valence-electron chi connectivity index (χ1n) is 7.28. The first-order chi connectivity index (χ1) is 11.8. The van der Waals surface area contributed by atoms with Gasteiger partial charge in [-0.3, -0.25) is 4.79 Å². The number of aliphatic carboxylic acids is 1. The van der Waals surface area contributed by atoms with Crippen LogP contribution >= 0.6 is 0 Å². The summed E-state index contributed by atoms with van der Waals surface area (Å²) in [6, 6.07) is 11.5. The molecule has 0 aliphatic rings.